The third-order valence-electron chi connectivity index (χ3n) is 10.4. The molecule has 5 heteroatoms. The first-order valence-electron chi connectivity index (χ1n) is 17.6. The van der Waals surface area contributed by atoms with Crippen molar-refractivity contribution in [3.63, 3.8) is 0 Å². The second-order valence-corrected chi connectivity index (χ2v) is 13.2. The maximum atomic E-state index is 5.36. The number of aromatic nitrogens is 5. The van der Waals surface area contributed by atoms with Gasteiger partial charge in [0.25, 0.3) is 0 Å². The van der Waals surface area contributed by atoms with E-state index < -0.39 is 0 Å². The monoisotopic (exact) mass is 663 g/mol. The maximum Gasteiger partial charge on any atom is 0.238 e. The van der Waals surface area contributed by atoms with Crippen molar-refractivity contribution in [2.45, 2.75) is 0 Å². The molecule has 0 aliphatic rings. The van der Waals surface area contributed by atoms with Crippen LogP contribution in [-0.4, -0.2) is 24.1 Å². The van der Waals surface area contributed by atoms with Crippen LogP contribution < -0.4 is 0 Å². The first-order valence-corrected chi connectivity index (χ1v) is 17.6. The fourth-order valence-electron chi connectivity index (χ4n) is 8.12. The molecule has 0 aliphatic heterocycles. The van der Waals surface area contributed by atoms with Crippen LogP contribution in [0.1, 0.15) is 0 Å². The van der Waals surface area contributed by atoms with Crippen molar-refractivity contribution >= 4 is 65.2 Å². The minimum atomic E-state index is 0.576. The van der Waals surface area contributed by atoms with Crippen molar-refractivity contribution < 1.29 is 0 Å². The average molecular weight is 664 g/mol. The topological polar surface area (TPSA) is 48.5 Å². The first-order chi connectivity index (χ1) is 25.8. The molecule has 11 aromatic rings. The molecule has 3 heterocycles. The molecule has 8 aromatic carbocycles. The third kappa shape index (κ3) is 4.20. The zero-order valence-electron chi connectivity index (χ0n) is 28.0. The van der Waals surface area contributed by atoms with Crippen molar-refractivity contribution in [1.29, 1.82) is 0 Å². The molecule has 0 bridgehead atoms. The Morgan fingerprint density at radius 1 is 0.288 bits per heavy atom. The SMILES string of the molecule is c1ccc(-n2c3ccccc3c3ccccc32)c(-c2nc(-c3cccc4c3ccc3ccccc34)nc(-n3c4ccccc4c4ccccc43)n2)c1. The molecule has 0 aliphatic carbocycles. The maximum absolute atomic E-state index is 5.36. The van der Waals surface area contributed by atoms with E-state index in [4.69, 9.17) is 15.0 Å². The molecule has 5 nitrogen and oxygen atoms in total. The molecule has 0 radical (unpaired) electrons. The predicted molar refractivity (Wildman–Crippen MR) is 214 cm³/mol. The lowest BCUT2D eigenvalue weighted by Gasteiger charge is -2.16. The average Bonchev–Trinajstić information content (AvgIpc) is 3.73. The Kier molecular flexibility index (Phi) is 6.18. The summed E-state index contributed by atoms with van der Waals surface area (Å²) in [5.41, 5.74) is 7.25. The van der Waals surface area contributed by atoms with Crippen molar-refractivity contribution in [1.82, 2.24) is 24.1 Å². The third-order valence-corrected chi connectivity index (χ3v) is 10.4. The number of benzene rings is 8. The molecule has 0 saturated heterocycles. The second kappa shape index (κ2) is 11.2. The Morgan fingerprint density at radius 2 is 0.750 bits per heavy atom. The van der Waals surface area contributed by atoms with Gasteiger partial charge in [-0.1, -0.05) is 140 Å². The van der Waals surface area contributed by atoms with Crippen molar-refractivity contribution in [2.24, 2.45) is 0 Å². The Morgan fingerprint density at radius 3 is 1.38 bits per heavy atom. The molecule has 0 atom stereocenters. The summed E-state index contributed by atoms with van der Waals surface area (Å²) in [7, 11) is 0. The van der Waals surface area contributed by atoms with Crippen LogP contribution >= 0.6 is 0 Å². The van der Waals surface area contributed by atoms with E-state index in [1.807, 2.05) is 0 Å². The van der Waals surface area contributed by atoms with Gasteiger partial charge in [-0.25, -0.2) is 4.98 Å². The Labute approximate surface area is 298 Å². The lowest BCUT2D eigenvalue weighted by Crippen LogP contribution is -2.08. The summed E-state index contributed by atoms with van der Waals surface area (Å²) in [6.07, 6.45) is 0. The largest absolute Gasteiger partial charge is 0.309 e. The zero-order chi connectivity index (χ0) is 34.2. The van der Waals surface area contributed by atoms with E-state index in [1.54, 1.807) is 0 Å². The highest BCUT2D eigenvalue weighted by molar-refractivity contribution is 6.12. The van der Waals surface area contributed by atoms with Crippen LogP contribution in [0.4, 0.5) is 0 Å². The lowest BCUT2D eigenvalue weighted by atomic mass is 9.98. The van der Waals surface area contributed by atoms with Gasteiger partial charge in [-0.15, -0.1) is 0 Å². The van der Waals surface area contributed by atoms with E-state index in [1.165, 1.54) is 26.9 Å². The number of fused-ring (bicyclic) bond motifs is 9. The van der Waals surface area contributed by atoms with Gasteiger partial charge in [-0.05, 0) is 57.9 Å². The molecule has 0 amide bonds. The van der Waals surface area contributed by atoms with Crippen LogP contribution in [0.5, 0.6) is 0 Å². The summed E-state index contributed by atoms with van der Waals surface area (Å²) in [6, 6.07) is 62.0. The van der Waals surface area contributed by atoms with Crippen LogP contribution in [0, 0.1) is 0 Å². The van der Waals surface area contributed by atoms with Gasteiger partial charge >= 0.3 is 0 Å². The molecule has 0 N–H and O–H groups in total. The van der Waals surface area contributed by atoms with E-state index in [0.29, 0.717) is 17.6 Å². The van der Waals surface area contributed by atoms with Crippen LogP contribution in [0.25, 0.3) is 99.6 Å². The van der Waals surface area contributed by atoms with Crippen LogP contribution in [0.2, 0.25) is 0 Å². The van der Waals surface area contributed by atoms with E-state index in [2.05, 4.69) is 185 Å². The quantitative estimate of drug-likeness (QED) is 0.176. The Hall–Kier alpha value is -7.11. The molecule has 0 saturated carbocycles. The lowest BCUT2D eigenvalue weighted by molar-refractivity contribution is 0.952. The molecule has 0 unspecified atom stereocenters. The van der Waals surface area contributed by atoms with Gasteiger partial charge in [0.05, 0.1) is 27.8 Å². The number of para-hydroxylation sites is 5. The van der Waals surface area contributed by atoms with E-state index in [9.17, 15) is 0 Å². The molecule has 11 rings (SSSR count). The van der Waals surface area contributed by atoms with E-state index >= 15 is 0 Å². The van der Waals surface area contributed by atoms with Crippen molar-refractivity contribution in [3.05, 3.63) is 176 Å². The number of nitrogens with zero attached hydrogens (tertiary/aromatic N) is 5. The summed E-state index contributed by atoms with van der Waals surface area (Å²) >= 11 is 0. The highest BCUT2D eigenvalue weighted by Crippen LogP contribution is 2.38. The predicted octanol–water partition coefficient (Wildman–Crippen LogP) is 11.7. The van der Waals surface area contributed by atoms with Gasteiger partial charge in [-0.3, -0.25) is 4.57 Å². The highest BCUT2D eigenvalue weighted by Gasteiger charge is 2.21. The van der Waals surface area contributed by atoms with E-state index in [0.717, 1.165) is 55.0 Å². The van der Waals surface area contributed by atoms with Crippen LogP contribution in [-0.2, 0) is 0 Å². The van der Waals surface area contributed by atoms with Gasteiger partial charge < -0.3 is 4.57 Å². The van der Waals surface area contributed by atoms with Gasteiger partial charge in [0.15, 0.2) is 11.6 Å². The Bertz CT molecular complexity index is 3100. The van der Waals surface area contributed by atoms with Crippen LogP contribution in [0.15, 0.2) is 176 Å². The molecule has 0 fully saturated rings. The second-order valence-electron chi connectivity index (χ2n) is 13.2. The summed E-state index contributed by atoms with van der Waals surface area (Å²) in [4.78, 5) is 16.0. The van der Waals surface area contributed by atoms with Crippen molar-refractivity contribution in [2.75, 3.05) is 0 Å². The minimum absolute atomic E-state index is 0.576. The molecule has 242 valence electrons. The number of rotatable bonds is 4. The smallest absolute Gasteiger partial charge is 0.238 e. The van der Waals surface area contributed by atoms with Gasteiger partial charge in [0.1, 0.15) is 0 Å². The zero-order valence-corrected chi connectivity index (χ0v) is 28.0. The van der Waals surface area contributed by atoms with Crippen LogP contribution in [0.3, 0.4) is 0 Å². The summed E-state index contributed by atoms with van der Waals surface area (Å²) in [6.45, 7) is 0. The minimum Gasteiger partial charge on any atom is -0.309 e. The van der Waals surface area contributed by atoms with E-state index in [-0.39, 0.29) is 0 Å². The number of hydrogen-bond acceptors (Lipinski definition) is 3. The molecule has 52 heavy (non-hydrogen) atoms. The summed E-state index contributed by atoms with van der Waals surface area (Å²) in [5, 5.41) is 9.40. The molecular weight excluding hydrogens is 635 g/mol. The first kappa shape index (κ1) is 28.7. The standard InChI is InChI=1S/C47H29N5/c1-2-15-31-30(14-1)28-29-33-32(31)21-13-22-38(33)45-48-46(50-47(49-45)52-42-25-10-5-18-36(42)37-19-6-11-26-43(37)52)39-20-7-12-27-44(39)51-40-23-8-3-16-34(40)35-17-4-9-24-41(35)51/h1-29H. The normalized spacial score (nSPS) is 11.8. The Balaban J connectivity index is 1.24. The summed E-state index contributed by atoms with van der Waals surface area (Å²) in [5.74, 6) is 1.81. The molecule has 3 aromatic heterocycles. The van der Waals surface area contributed by atoms with Gasteiger partial charge in [0.2, 0.25) is 5.95 Å². The highest BCUT2D eigenvalue weighted by atomic mass is 15.2. The van der Waals surface area contributed by atoms with Gasteiger partial charge in [0, 0.05) is 32.7 Å². The number of hydrogen-bond donors (Lipinski definition) is 0. The summed E-state index contributed by atoms with van der Waals surface area (Å²) < 4.78 is 4.52. The fourth-order valence-corrected chi connectivity index (χ4v) is 8.12. The fraction of sp³-hybridized carbons (Fsp3) is 0. The van der Waals surface area contributed by atoms with Crippen molar-refractivity contribution in [3.8, 4) is 34.4 Å². The molecule has 0 spiro atoms. The molecular formula is C47H29N5. The van der Waals surface area contributed by atoms with Gasteiger partial charge in [-0.2, -0.15) is 9.97 Å².